The van der Waals surface area contributed by atoms with Crippen LogP contribution >= 0.6 is 0 Å². The van der Waals surface area contributed by atoms with E-state index in [-0.39, 0.29) is 42.3 Å². The highest BCUT2D eigenvalue weighted by molar-refractivity contribution is 5.93. The van der Waals surface area contributed by atoms with Gasteiger partial charge in [-0.05, 0) is 53.9 Å². The summed E-state index contributed by atoms with van der Waals surface area (Å²) < 4.78 is 11.3. The molecule has 1 aromatic carbocycles. The molecule has 0 fully saturated rings. The zero-order valence-electron chi connectivity index (χ0n) is 21.6. The molecule has 1 amide bonds. The highest BCUT2D eigenvalue weighted by Crippen LogP contribution is 2.38. The van der Waals surface area contributed by atoms with Gasteiger partial charge >= 0.3 is 5.97 Å². The quantitative estimate of drug-likeness (QED) is 0.306. The Bertz CT molecular complexity index is 939. The van der Waals surface area contributed by atoms with Crippen LogP contribution in [0.5, 0.6) is 5.75 Å². The molecule has 1 aromatic heterocycles. The largest absolute Gasteiger partial charge is 0.493 e. The van der Waals surface area contributed by atoms with Crippen LogP contribution in [0.2, 0.25) is 0 Å². The zero-order valence-corrected chi connectivity index (χ0v) is 21.6. The lowest BCUT2D eigenvalue weighted by atomic mass is 9.76. The van der Waals surface area contributed by atoms with Crippen molar-refractivity contribution in [3.8, 4) is 5.75 Å². The second-order valence-electron chi connectivity index (χ2n) is 9.85. The molecule has 0 aliphatic carbocycles. The van der Waals surface area contributed by atoms with Crippen LogP contribution in [0.3, 0.4) is 0 Å². The molecule has 0 aliphatic rings. The van der Waals surface area contributed by atoms with E-state index in [1.54, 1.807) is 24.5 Å². The van der Waals surface area contributed by atoms with E-state index in [4.69, 9.17) is 9.47 Å². The third-order valence-electron chi connectivity index (χ3n) is 6.63. The number of nitrogens with zero attached hydrogens (tertiary/aromatic N) is 1. The van der Waals surface area contributed by atoms with Crippen molar-refractivity contribution < 1.29 is 19.1 Å². The van der Waals surface area contributed by atoms with Gasteiger partial charge in [0.25, 0.3) is 5.91 Å². The van der Waals surface area contributed by atoms with Crippen molar-refractivity contribution in [2.75, 3.05) is 19.8 Å². The second kappa shape index (κ2) is 12.5. The summed E-state index contributed by atoms with van der Waals surface area (Å²) in [6, 6.07) is 9.78. The number of nitrogens with one attached hydrogen (secondary N) is 1. The molecule has 6 nitrogen and oxygen atoms in total. The normalized spacial score (nSPS) is 11.7. The minimum atomic E-state index is -0.295. The number of amides is 1. The standard InChI is InChI=1S/C28H40N2O4/c1-7-27(3,4)22-11-12-24(23(20-22)28(5,6)8-2)33-18-9-10-25(31)34-19-17-30-26(32)21-13-15-29-16-14-21/h11-16,20H,7-10,17-19H2,1-6H3,(H,30,32). The van der Waals surface area contributed by atoms with Gasteiger partial charge in [0.2, 0.25) is 0 Å². The zero-order chi connectivity index (χ0) is 25.2. The van der Waals surface area contributed by atoms with Gasteiger partial charge < -0.3 is 14.8 Å². The molecule has 6 heteroatoms. The Labute approximate surface area is 204 Å². The van der Waals surface area contributed by atoms with Crippen LogP contribution in [0, 0.1) is 0 Å². The first-order valence-electron chi connectivity index (χ1n) is 12.2. The summed E-state index contributed by atoms with van der Waals surface area (Å²) >= 11 is 0. The van der Waals surface area contributed by atoms with E-state index in [1.165, 1.54) is 11.1 Å². The minimum Gasteiger partial charge on any atom is -0.493 e. The van der Waals surface area contributed by atoms with Gasteiger partial charge in [0, 0.05) is 29.9 Å². The van der Waals surface area contributed by atoms with Gasteiger partial charge in [-0.3, -0.25) is 14.6 Å². The highest BCUT2D eigenvalue weighted by atomic mass is 16.5. The average molecular weight is 469 g/mol. The van der Waals surface area contributed by atoms with Gasteiger partial charge in [0.05, 0.1) is 13.2 Å². The van der Waals surface area contributed by atoms with Gasteiger partial charge in [0.15, 0.2) is 0 Å². The molecule has 0 bridgehead atoms. The molecule has 0 unspecified atom stereocenters. The van der Waals surface area contributed by atoms with Gasteiger partial charge in [0.1, 0.15) is 12.4 Å². The Morgan fingerprint density at radius 1 is 0.941 bits per heavy atom. The van der Waals surface area contributed by atoms with Crippen molar-refractivity contribution >= 4 is 11.9 Å². The maximum absolute atomic E-state index is 12.0. The second-order valence-corrected chi connectivity index (χ2v) is 9.85. The third-order valence-corrected chi connectivity index (χ3v) is 6.63. The van der Waals surface area contributed by atoms with Crippen LogP contribution in [0.15, 0.2) is 42.7 Å². The number of benzene rings is 1. The molecule has 0 radical (unpaired) electrons. The molecule has 0 atom stereocenters. The summed E-state index contributed by atoms with van der Waals surface area (Å²) in [5.41, 5.74) is 3.16. The van der Waals surface area contributed by atoms with Gasteiger partial charge in [-0.15, -0.1) is 0 Å². The summed E-state index contributed by atoms with van der Waals surface area (Å²) in [5.74, 6) is 0.372. The van der Waals surface area contributed by atoms with Crippen molar-refractivity contribution in [2.24, 2.45) is 0 Å². The first kappa shape index (κ1) is 27.4. The fourth-order valence-electron chi connectivity index (χ4n) is 3.41. The number of pyridine rings is 1. The van der Waals surface area contributed by atoms with E-state index >= 15 is 0 Å². The number of carbonyl (C=O) groups is 2. The van der Waals surface area contributed by atoms with Gasteiger partial charge in [-0.2, -0.15) is 0 Å². The SMILES string of the molecule is CCC(C)(C)c1ccc(OCCCC(=O)OCCNC(=O)c2ccncc2)c(C(C)(C)CC)c1. The first-order chi connectivity index (χ1) is 16.1. The van der Waals surface area contributed by atoms with Crippen LogP contribution in [-0.2, 0) is 20.4 Å². The lowest BCUT2D eigenvalue weighted by molar-refractivity contribution is -0.143. The summed E-state index contributed by atoms with van der Waals surface area (Å²) in [5, 5.41) is 2.72. The summed E-state index contributed by atoms with van der Waals surface area (Å²) in [4.78, 5) is 27.9. The molecule has 186 valence electrons. The maximum atomic E-state index is 12.0. The summed E-state index contributed by atoms with van der Waals surface area (Å²) in [6.07, 6.45) is 6.02. The highest BCUT2D eigenvalue weighted by Gasteiger charge is 2.26. The van der Waals surface area contributed by atoms with E-state index in [0.29, 0.717) is 18.6 Å². The Morgan fingerprint density at radius 3 is 2.26 bits per heavy atom. The topological polar surface area (TPSA) is 77.5 Å². The van der Waals surface area contributed by atoms with Crippen molar-refractivity contribution in [1.82, 2.24) is 10.3 Å². The van der Waals surface area contributed by atoms with Crippen molar-refractivity contribution in [1.29, 1.82) is 0 Å². The number of hydrogen-bond donors (Lipinski definition) is 1. The molecule has 0 spiro atoms. The van der Waals surface area contributed by atoms with Crippen molar-refractivity contribution in [3.63, 3.8) is 0 Å². The maximum Gasteiger partial charge on any atom is 0.305 e. The molecule has 2 rings (SSSR count). The predicted molar refractivity (Wildman–Crippen MR) is 135 cm³/mol. The molecule has 1 N–H and O–H groups in total. The van der Waals surface area contributed by atoms with E-state index in [2.05, 4.69) is 70.0 Å². The molecule has 0 saturated carbocycles. The molecule has 2 aromatic rings. The monoisotopic (exact) mass is 468 g/mol. The number of esters is 1. The number of hydrogen-bond acceptors (Lipinski definition) is 5. The number of ether oxygens (including phenoxy) is 2. The lowest BCUT2D eigenvalue weighted by Gasteiger charge is -2.30. The third kappa shape index (κ3) is 7.86. The Hall–Kier alpha value is -2.89. The van der Waals surface area contributed by atoms with Crippen LogP contribution < -0.4 is 10.1 Å². The molecule has 0 aliphatic heterocycles. The molecule has 1 heterocycles. The Balaban J connectivity index is 1.80. The van der Waals surface area contributed by atoms with Crippen molar-refractivity contribution in [2.45, 2.75) is 78.1 Å². The van der Waals surface area contributed by atoms with Gasteiger partial charge in [-0.25, -0.2) is 0 Å². The predicted octanol–water partition coefficient (Wildman–Crippen LogP) is 5.59. The van der Waals surface area contributed by atoms with E-state index < -0.39 is 0 Å². The minimum absolute atomic E-state index is 0.00517. The molecular weight excluding hydrogens is 428 g/mol. The van der Waals surface area contributed by atoms with Crippen LogP contribution in [0.4, 0.5) is 0 Å². The number of carbonyl (C=O) groups excluding carboxylic acids is 2. The van der Waals surface area contributed by atoms with Crippen LogP contribution in [0.25, 0.3) is 0 Å². The first-order valence-corrected chi connectivity index (χ1v) is 12.2. The fourth-order valence-corrected chi connectivity index (χ4v) is 3.41. The fraction of sp³-hybridized carbons (Fsp3) is 0.536. The van der Waals surface area contributed by atoms with E-state index in [1.807, 2.05) is 0 Å². The number of aromatic nitrogens is 1. The van der Waals surface area contributed by atoms with Gasteiger partial charge in [-0.1, -0.05) is 53.7 Å². The number of rotatable bonds is 13. The average Bonchev–Trinajstić information content (AvgIpc) is 2.84. The molecule has 0 saturated heterocycles. The Kier molecular flexibility index (Phi) is 10.1. The summed E-state index contributed by atoms with van der Waals surface area (Å²) in [6.45, 7) is 14.3. The molecule has 34 heavy (non-hydrogen) atoms. The smallest absolute Gasteiger partial charge is 0.305 e. The Morgan fingerprint density at radius 2 is 1.62 bits per heavy atom. The lowest BCUT2D eigenvalue weighted by Crippen LogP contribution is -2.28. The van der Waals surface area contributed by atoms with Crippen LogP contribution in [0.1, 0.15) is 88.7 Å². The summed E-state index contributed by atoms with van der Waals surface area (Å²) in [7, 11) is 0. The van der Waals surface area contributed by atoms with E-state index in [0.717, 1.165) is 18.6 Å². The van der Waals surface area contributed by atoms with E-state index in [9.17, 15) is 9.59 Å². The van der Waals surface area contributed by atoms with Crippen molar-refractivity contribution in [3.05, 3.63) is 59.4 Å². The van der Waals surface area contributed by atoms with Crippen LogP contribution in [-0.4, -0.2) is 36.6 Å². The molecular formula is C28H40N2O4.